The Morgan fingerprint density at radius 2 is 1.67 bits per heavy atom. The highest BCUT2D eigenvalue weighted by Crippen LogP contribution is 2.33. The number of anilines is 1. The molecule has 33 heavy (non-hydrogen) atoms. The van der Waals surface area contributed by atoms with Crippen LogP contribution in [0.15, 0.2) is 72.8 Å². The molecule has 0 spiro atoms. The highest BCUT2D eigenvalue weighted by molar-refractivity contribution is 5.96. The van der Waals surface area contributed by atoms with E-state index >= 15 is 0 Å². The van der Waals surface area contributed by atoms with E-state index in [1.165, 1.54) is 16.7 Å². The lowest BCUT2D eigenvalue weighted by Gasteiger charge is -2.29. The van der Waals surface area contributed by atoms with Gasteiger partial charge in [0.05, 0.1) is 13.0 Å². The van der Waals surface area contributed by atoms with Crippen LogP contribution in [0.5, 0.6) is 0 Å². The summed E-state index contributed by atoms with van der Waals surface area (Å²) in [6, 6.07) is 24.7. The first kappa shape index (κ1) is 21.4. The van der Waals surface area contributed by atoms with Crippen molar-refractivity contribution in [1.82, 2.24) is 4.90 Å². The van der Waals surface area contributed by atoms with Crippen molar-refractivity contribution < 1.29 is 9.59 Å². The van der Waals surface area contributed by atoms with Gasteiger partial charge in [-0.2, -0.15) is 0 Å². The van der Waals surface area contributed by atoms with Crippen LogP contribution in [0.4, 0.5) is 5.69 Å². The van der Waals surface area contributed by atoms with Crippen molar-refractivity contribution in [2.75, 3.05) is 11.4 Å². The number of nitrogens with zero attached hydrogens (tertiary/aromatic N) is 2. The van der Waals surface area contributed by atoms with Crippen LogP contribution >= 0.6 is 0 Å². The maximum atomic E-state index is 13.0. The van der Waals surface area contributed by atoms with Crippen LogP contribution in [0.3, 0.4) is 0 Å². The highest BCUT2D eigenvalue weighted by atomic mass is 16.2. The van der Waals surface area contributed by atoms with Gasteiger partial charge >= 0.3 is 0 Å². The first-order valence-corrected chi connectivity index (χ1v) is 11.9. The number of carbonyl (C=O) groups excluding carboxylic acids is 2. The molecule has 5 rings (SSSR count). The quantitative estimate of drug-likeness (QED) is 0.539. The van der Waals surface area contributed by atoms with Crippen molar-refractivity contribution in [3.8, 4) is 0 Å². The van der Waals surface area contributed by atoms with E-state index in [9.17, 15) is 9.59 Å². The van der Waals surface area contributed by atoms with Crippen LogP contribution in [0, 0.1) is 12.8 Å². The van der Waals surface area contributed by atoms with E-state index in [1.54, 1.807) is 0 Å². The minimum absolute atomic E-state index is 0.151. The minimum Gasteiger partial charge on any atom is -0.338 e. The zero-order chi connectivity index (χ0) is 22.8. The van der Waals surface area contributed by atoms with E-state index in [-0.39, 0.29) is 17.7 Å². The zero-order valence-electron chi connectivity index (χ0n) is 19.2. The van der Waals surface area contributed by atoms with Gasteiger partial charge in [0.15, 0.2) is 0 Å². The number of carbonyl (C=O) groups is 2. The van der Waals surface area contributed by atoms with E-state index in [2.05, 4.69) is 43.3 Å². The lowest BCUT2D eigenvalue weighted by Crippen LogP contribution is -2.36. The molecule has 1 saturated carbocycles. The summed E-state index contributed by atoms with van der Waals surface area (Å²) >= 11 is 0. The van der Waals surface area contributed by atoms with Gasteiger partial charge in [0, 0.05) is 24.7 Å². The average Bonchev–Trinajstić information content (AvgIpc) is 3.68. The number of aryl methyl sites for hydroxylation is 1. The summed E-state index contributed by atoms with van der Waals surface area (Å²) in [5, 5.41) is 0. The van der Waals surface area contributed by atoms with Crippen molar-refractivity contribution in [3.05, 3.63) is 101 Å². The Bertz CT molecular complexity index is 1160. The molecule has 3 aromatic rings. The highest BCUT2D eigenvalue weighted by Gasteiger charge is 2.34. The monoisotopic (exact) mass is 438 g/mol. The molecule has 1 fully saturated rings. The maximum Gasteiger partial charge on any atom is 0.230 e. The van der Waals surface area contributed by atoms with E-state index in [0.717, 1.165) is 42.6 Å². The van der Waals surface area contributed by atoms with Crippen molar-refractivity contribution >= 4 is 17.5 Å². The number of hydrogen-bond acceptors (Lipinski definition) is 2. The fourth-order valence-electron chi connectivity index (χ4n) is 4.63. The first-order chi connectivity index (χ1) is 16.1. The summed E-state index contributed by atoms with van der Waals surface area (Å²) in [4.78, 5) is 29.8. The van der Waals surface area contributed by atoms with Crippen LogP contribution in [0.25, 0.3) is 0 Å². The molecular weight excluding hydrogens is 408 g/mol. The summed E-state index contributed by atoms with van der Waals surface area (Å²) in [5.41, 5.74) is 6.81. The van der Waals surface area contributed by atoms with Crippen LogP contribution in [-0.4, -0.2) is 23.3 Å². The number of amides is 2. The molecule has 0 aromatic heterocycles. The molecule has 1 aliphatic heterocycles. The van der Waals surface area contributed by atoms with Crippen LogP contribution in [0.2, 0.25) is 0 Å². The van der Waals surface area contributed by atoms with Crippen LogP contribution < -0.4 is 4.90 Å². The molecular formula is C29H30N2O2. The third-order valence-electron chi connectivity index (χ3n) is 6.70. The van der Waals surface area contributed by atoms with Crippen molar-refractivity contribution in [2.24, 2.45) is 5.92 Å². The number of rotatable bonds is 6. The molecule has 168 valence electrons. The zero-order valence-corrected chi connectivity index (χ0v) is 19.2. The molecule has 1 heterocycles. The smallest absolute Gasteiger partial charge is 0.230 e. The average molecular weight is 439 g/mol. The third-order valence-corrected chi connectivity index (χ3v) is 6.70. The number of benzene rings is 3. The Labute approximate surface area is 195 Å². The van der Waals surface area contributed by atoms with E-state index in [1.807, 2.05) is 46.2 Å². The van der Waals surface area contributed by atoms with Gasteiger partial charge in [0.2, 0.25) is 11.8 Å². The van der Waals surface area contributed by atoms with E-state index in [0.29, 0.717) is 19.5 Å². The predicted molar refractivity (Wildman–Crippen MR) is 131 cm³/mol. The SMILES string of the molecule is Cc1cccc(CN(C(=O)C2CC2)c2ccc(CC(=O)N3CCc4ccccc4C3)cc2)c1. The predicted octanol–water partition coefficient (Wildman–Crippen LogP) is 5.07. The molecule has 0 unspecified atom stereocenters. The van der Waals surface area contributed by atoms with Gasteiger partial charge in [-0.1, -0.05) is 66.2 Å². The standard InChI is InChI=1S/C29H30N2O2/c1-21-5-4-6-23(17-21)19-31(29(33)25-11-12-25)27-13-9-22(10-14-27)18-28(32)30-16-15-24-7-2-3-8-26(24)20-30/h2-10,13-14,17,25H,11-12,15-16,18-20H2,1H3. The van der Waals surface area contributed by atoms with Crippen LogP contribution in [-0.2, 0) is 35.5 Å². The van der Waals surface area contributed by atoms with E-state index in [4.69, 9.17) is 0 Å². The number of hydrogen-bond donors (Lipinski definition) is 0. The Morgan fingerprint density at radius 1 is 0.909 bits per heavy atom. The Hall–Kier alpha value is -3.40. The summed E-state index contributed by atoms with van der Waals surface area (Å²) in [6.07, 6.45) is 3.26. The second-order valence-corrected chi connectivity index (χ2v) is 9.36. The molecule has 0 bridgehead atoms. The van der Waals surface area contributed by atoms with Crippen molar-refractivity contribution in [1.29, 1.82) is 0 Å². The maximum absolute atomic E-state index is 13.0. The van der Waals surface area contributed by atoms with E-state index < -0.39 is 0 Å². The lowest BCUT2D eigenvalue weighted by molar-refractivity contribution is -0.131. The molecule has 2 amide bonds. The molecule has 3 aromatic carbocycles. The Balaban J connectivity index is 1.28. The summed E-state index contributed by atoms with van der Waals surface area (Å²) in [6.45, 7) is 4.10. The molecule has 0 N–H and O–H groups in total. The minimum atomic E-state index is 0.151. The fraction of sp³-hybridized carbons (Fsp3) is 0.310. The Morgan fingerprint density at radius 3 is 2.39 bits per heavy atom. The summed E-state index contributed by atoms with van der Waals surface area (Å²) in [5.74, 6) is 0.508. The largest absolute Gasteiger partial charge is 0.338 e. The molecule has 1 aliphatic carbocycles. The number of fused-ring (bicyclic) bond motifs is 1. The topological polar surface area (TPSA) is 40.6 Å². The normalized spacial score (nSPS) is 15.1. The van der Waals surface area contributed by atoms with Gasteiger partial charge < -0.3 is 9.80 Å². The molecule has 0 atom stereocenters. The van der Waals surface area contributed by atoms with Gasteiger partial charge in [0.25, 0.3) is 0 Å². The first-order valence-electron chi connectivity index (χ1n) is 11.9. The Kier molecular flexibility index (Phi) is 5.99. The van der Waals surface area contributed by atoms with Gasteiger partial charge in [-0.05, 0) is 60.6 Å². The second-order valence-electron chi connectivity index (χ2n) is 9.36. The molecule has 0 saturated heterocycles. The van der Waals surface area contributed by atoms with Gasteiger partial charge in [-0.25, -0.2) is 0 Å². The van der Waals surface area contributed by atoms with Crippen molar-refractivity contribution in [2.45, 2.75) is 45.7 Å². The second kappa shape index (κ2) is 9.22. The van der Waals surface area contributed by atoms with Gasteiger partial charge in [-0.3, -0.25) is 9.59 Å². The fourth-order valence-corrected chi connectivity index (χ4v) is 4.63. The summed E-state index contributed by atoms with van der Waals surface area (Å²) in [7, 11) is 0. The van der Waals surface area contributed by atoms with Gasteiger partial charge in [0.1, 0.15) is 0 Å². The molecule has 2 aliphatic rings. The molecule has 4 nitrogen and oxygen atoms in total. The molecule has 0 radical (unpaired) electrons. The van der Waals surface area contributed by atoms with Crippen molar-refractivity contribution in [3.63, 3.8) is 0 Å². The van der Waals surface area contributed by atoms with Crippen LogP contribution in [0.1, 0.15) is 40.7 Å². The molecule has 4 heteroatoms. The lowest BCUT2D eigenvalue weighted by atomic mass is 9.99. The summed E-state index contributed by atoms with van der Waals surface area (Å²) < 4.78 is 0. The van der Waals surface area contributed by atoms with Gasteiger partial charge in [-0.15, -0.1) is 0 Å². The third kappa shape index (κ3) is 5.00.